The number of aromatic nitrogens is 3. The minimum Gasteiger partial charge on any atom is -0.352 e. The molecule has 1 N–H and O–H groups in total. The molecule has 5 rings (SSSR count). The summed E-state index contributed by atoms with van der Waals surface area (Å²) in [6.45, 7) is 0.697. The molecule has 0 fully saturated rings. The predicted molar refractivity (Wildman–Crippen MR) is 117 cm³/mol. The Morgan fingerprint density at radius 1 is 1.00 bits per heavy atom. The van der Waals surface area contributed by atoms with Gasteiger partial charge < -0.3 is 9.88 Å². The van der Waals surface area contributed by atoms with Crippen molar-refractivity contribution in [3.63, 3.8) is 0 Å². The van der Waals surface area contributed by atoms with Crippen LogP contribution in [-0.4, -0.2) is 27.0 Å². The monoisotopic (exact) mass is 441 g/mol. The minimum absolute atomic E-state index is 0.219. The van der Waals surface area contributed by atoms with Crippen molar-refractivity contribution in [2.45, 2.75) is 13.0 Å². The fourth-order valence-electron chi connectivity index (χ4n) is 4.31. The zero-order valence-corrected chi connectivity index (χ0v) is 17.3. The average Bonchev–Trinajstić information content (AvgIpc) is 3.16. The molecule has 8 heteroatoms. The van der Waals surface area contributed by atoms with Crippen LogP contribution in [0.4, 0.5) is 8.78 Å². The second kappa shape index (κ2) is 8.28. The number of hydrogen-bond donors (Lipinski definition) is 1. The molecule has 6 nitrogen and oxygen atoms in total. The van der Waals surface area contributed by atoms with Gasteiger partial charge in [0.1, 0.15) is 18.0 Å². The van der Waals surface area contributed by atoms with E-state index in [4.69, 9.17) is 0 Å². The molecule has 1 aliphatic rings. The summed E-state index contributed by atoms with van der Waals surface area (Å²) >= 11 is 0. The number of amides is 1. The molecule has 2 aromatic carbocycles. The van der Waals surface area contributed by atoms with Gasteiger partial charge in [-0.3, -0.25) is 4.79 Å². The van der Waals surface area contributed by atoms with Gasteiger partial charge in [0.15, 0.2) is 0 Å². The molecule has 0 unspecified atom stereocenters. The van der Waals surface area contributed by atoms with Crippen LogP contribution < -0.4 is 5.32 Å². The first-order valence-electron chi connectivity index (χ1n) is 10.3. The Labute approximate surface area is 188 Å². The molecule has 2 aromatic heterocycles. The molecular formula is C25H17F2N5O. The summed E-state index contributed by atoms with van der Waals surface area (Å²) in [7, 11) is 0. The predicted octanol–water partition coefficient (Wildman–Crippen LogP) is 4.10. The topological polar surface area (TPSA) is 83.6 Å². The number of rotatable bonds is 4. The van der Waals surface area contributed by atoms with E-state index in [0.717, 1.165) is 5.69 Å². The van der Waals surface area contributed by atoms with Crippen LogP contribution in [0.5, 0.6) is 0 Å². The highest BCUT2D eigenvalue weighted by atomic mass is 19.1. The van der Waals surface area contributed by atoms with Crippen molar-refractivity contribution >= 4 is 5.91 Å². The zero-order valence-electron chi connectivity index (χ0n) is 17.3. The van der Waals surface area contributed by atoms with Gasteiger partial charge in [-0.05, 0) is 35.4 Å². The molecule has 0 atom stereocenters. The van der Waals surface area contributed by atoms with Crippen LogP contribution in [0.3, 0.4) is 0 Å². The van der Waals surface area contributed by atoms with Crippen LogP contribution in [-0.2, 0) is 13.0 Å². The largest absolute Gasteiger partial charge is 0.352 e. The van der Waals surface area contributed by atoms with E-state index in [9.17, 15) is 18.8 Å². The average molecular weight is 441 g/mol. The third-order valence-corrected chi connectivity index (χ3v) is 5.73. The van der Waals surface area contributed by atoms with E-state index in [1.165, 1.54) is 30.6 Å². The number of hydrogen-bond acceptors (Lipinski definition) is 4. The number of nitrogens with zero attached hydrogens (tertiary/aromatic N) is 4. The zero-order chi connectivity index (χ0) is 22.9. The number of carbonyl (C=O) groups excluding carboxylic acids is 1. The Morgan fingerprint density at radius 2 is 1.73 bits per heavy atom. The van der Waals surface area contributed by atoms with Gasteiger partial charge in [-0.15, -0.1) is 0 Å². The Kier molecular flexibility index (Phi) is 5.15. The molecular weight excluding hydrogens is 424 g/mol. The van der Waals surface area contributed by atoms with E-state index in [1.807, 2.05) is 4.57 Å². The molecule has 4 aromatic rings. The third-order valence-electron chi connectivity index (χ3n) is 5.73. The van der Waals surface area contributed by atoms with E-state index in [-0.39, 0.29) is 23.8 Å². The van der Waals surface area contributed by atoms with Gasteiger partial charge in [0.2, 0.25) is 0 Å². The first-order chi connectivity index (χ1) is 16.1. The van der Waals surface area contributed by atoms with Gasteiger partial charge in [-0.25, -0.2) is 18.7 Å². The molecule has 1 aliphatic heterocycles. The smallest absolute Gasteiger partial charge is 0.253 e. The van der Waals surface area contributed by atoms with Crippen LogP contribution >= 0.6 is 0 Å². The lowest BCUT2D eigenvalue weighted by Gasteiger charge is -2.18. The summed E-state index contributed by atoms with van der Waals surface area (Å²) in [5.41, 5.74) is 4.76. The number of halogens is 2. The normalized spacial score (nSPS) is 12.7. The Balaban J connectivity index is 1.82. The van der Waals surface area contributed by atoms with E-state index in [0.29, 0.717) is 46.5 Å². The van der Waals surface area contributed by atoms with Gasteiger partial charge >= 0.3 is 0 Å². The maximum atomic E-state index is 13.7. The Hall–Kier alpha value is -4.38. The van der Waals surface area contributed by atoms with Gasteiger partial charge in [0.05, 0.1) is 22.9 Å². The van der Waals surface area contributed by atoms with Crippen molar-refractivity contribution < 1.29 is 13.6 Å². The molecule has 0 spiro atoms. The summed E-state index contributed by atoms with van der Waals surface area (Å²) < 4.78 is 29.4. The first kappa shape index (κ1) is 20.5. The van der Waals surface area contributed by atoms with E-state index in [2.05, 4.69) is 21.4 Å². The number of nitriles is 1. The summed E-state index contributed by atoms with van der Waals surface area (Å²) in [5.74, 6) is -1.11. The number of nitrogens with one attached hydrogen (secondary N) is 1. The molecule has 0 aliphatic carbocycles. The second-order valence-corrected chi connectivity index (χ2v) is 7.68. The summed E-state index contributed by atoms with van der Waals surface area (Å²) in [6, 6.07) is 12.1. The molecule has 33 heavy (non-hydrogen) atoms. The number of carbonyl (C=O) groups is 1. The maximum Gasteiger partial charge on any atom is 0.253 e. The van der Waals surface area contributed by atoms with Crippen molar-refractivity contribution in [3.05, 3.63) is 95.2 Å². The molecule has 3 heterocycles. The lowest BCUT2D eigenvalue weighted by Crippen LogP contribution is -2.32. The Morgan fingerprint density at radius 3 is 2.45 bits per heavy atom. The standard InChI is InChI=1S/C25H17F2N5O/c26-19-4-1-15(2-5-19)22-23-21(7-8-31-25(23)33)32(24(22)18-11-29-14-30-12-18)13-16-3-6-20(27)9-17(16)10-28/h1-6,9,11-12,14H,7-8,13H2,(H,31,33). The number of benzene rings is 2. The summed E-state index contributed by atoms with van der Waals surface area (Å²) in [6.07, 6.45) is 5.26. The highest BCUT2D eigenvalue weighted by Crippen LogP contribution is 2.41. The summed E-state index contributed by atoms with van der Waals surface area (Å²) in [4.78, 5) is 21.3. The summed E-state index contributed by atoms with van der Waals surface area (Å²) in [5, 5.41) is 12.4. The molecule has 162 valence electrons. The van der Waals surface area contributed by atoms with Gasteiger partial charge in [-0.1, -0.05) is 18.2 Å². The van der Waals surface area contributed by atoms with Crippen molar-refractivity contribution in [1.82, 2.24) is 19.9 Å². The number of fused-ring (bicyclic) bond motifs is 1. The Bertz CT molecular complexity index is 1410. The highest BCUT2D eigenvalue weighted by Gasteiger charge is 2.31. The van der Waals surface area contributed by atoms with Crippen molar-refractivity contribution in [2.24, 2.45) is 0 Å². The van der Waals surface area contributed by atoms with Crippen LogP contribution in [0.25, 0.3) is 22.4 Å². The minimum atomic E-state index is -0.493. The quantitative estimate of drug-likeness (QED) is 0.517. The van der Waals surface area contributed by atoms with Crippen LogP contribution in [0, 0.1) is 23.0 Å². The third kappa shape index (κ3) is 3.64. The van der Waals surface area contributed by atoms with Gasteiger partial charge in [0, 0.05) is 48.7 Å². The second-order valence-electron chi connectivity index (χ2n) is 7.68. The SMILES string of the molecule is N#Cc1cc(F)ccc1Cn1c2c(c(-c3ccc(F)cc3)c1-c1cncnc1)C(=O)NCC2. The molecule has 0 bridgehead atoms. The fourth-order valence-corrected chi connectivity index (χ4v) is 4.31. The van der Waals surface area contributed by atoms with Crippen molar-refractivity contribution in [1.29, 1.82) is 5.26 Å². The lowest BCUT2D eigenvalue weighted by atomic mass is 9.95. The van der Waals surface area contributed by atoms with Crippen LogP contribution in [0.2, 0.25) is 0 Å². The highest BCUT2D eigenvalue weighted by molar-refractivity contribution is 6.07. The van der Waals surface area contributed by atoms with E-state index in [1.54, 1.807) is 30.6 Å². The molecule has 0 saturated heterocycles. The first-order valence-corrected chi connectivity index (χ1v) is 10.3. The van der Waals surface area contributed by atoms with Crippen LogP contribution in [0.15, 0.2) is 61.2 Å². The van der Waals surface area contributed by atoms with Crippen LogP contribution in [0.1, 0.15) is 27.2 Å². The molecule has 0 saturated carbocycles. The van der Waals surface area contributed by atoms with Crippen molar-refractivity contribution in [3.8, 4) is 28.5 Å². The van der Waals surface area contributed by atoms with Crippen molar-refractivity contribution in [2.75, 3.05) is 6.54 Å². The maximum absolute atomic E-state index is 13.7. The lowest BCUT2D eigenvalue weighted by molar-refractivity contribution is 0.0946. The van der Waals surface area contributed by atoms with E-state index >= 15 is 0 Å². The van der Waals surface area contributed by atoms with Gasteiger partial charge in [-0.2, -0.15) is 5.26 Å². The van der Waals surface area contributed by atoms with E-state index < -0.39 is 5.82 Å². The molecule has 1 amide bonds. The van der Waals surface area contributed by atoms with Gasteiger partial charge in [0.25, 0.3) is 5.91 Å². The fraction of sp³-hybridized carbons (Fsp3) is 0.120. The molecule has 0 radical (unpaired) electrons.